The Morgan fingerprint density at radius 1 is 1.33 bits per heavy atom. The minimum atomic E-state index is -3.24. The third-order valence-electron chi connectivity index (χ3n) is 2.52. The lowest BCUT2D eigenvalue weighted by molar-refractivity contribution is 0.602. The van der Waals surface area contributed by atoms with Gasteiger partial charge in [-0.1, -0.05) is 12.1 Å². The first-order valence-electron chi connectivity index (χ1n) is 5.63. The van der Waals surface area contributed by atoms with Crippen LogP contribution in [0.1, 0.15) is 12.6 Å². The van der Waals surface area contributed by atoms with E-state index in [2.05, 4.69) is 14.9 Å². The highest BCUT2D eigenvalue weighted by molar-refractivity contribution is 7.92. The molecule has 0 atom stereocenters. The van der Waals surface area contributed by atoms with Crippen LogP contribution in [0.5, 0.6) is 0 Å². The highest BCUT2D eigenvalue weighted by Crippen LogP contribution is 2.21. The average molecular weight is 265 g/mol. The maximum atomic E-state index is 11.5. The minimum absolute atomic E-state index is 0.0543. The van der Waals surface area contributed by atoms with E-state index in [0.29, 0.717) is 5.69 Å². The average Bonchev–Trinajstić information content (AvgIpc) is 2.76. The van der Waals surface area contributed by atoms with Gasteiger partial charge in [0.05, 0.1) is 11.4 Å². The Kier molecular flexibility index (Phi) is 3.38. The number of nitrogens with one attached hydrogen (secondary N) is 2. The van der Waals surface area contributed by atoms with E-state index in [1.165, 1.54) is 0 Å². The lowest BCUT2D eigenvalue weighted by Gasteiger charge is -2.06. The summed E-state index contributed by atoms with van der Waals surface area (Å²) in [7, 11) is -3.24. The van der Waals surface area contributed by atoms with Gasteiger partial charge in [0.2, 0.25) is 10.0 Å². The number of H-pyrrole nitrogens is 1. The first-order valence-corrected chi connectivity index (χ1v) is 7.28. The minimum Gasteiger partial charge on any atom is -0.284 e. The molecule has 2 N–H and O–H groups in total. The molecular formula is C12H15N3O2S. The van der Waals surface area contributed by atoms with E-state index in [0.717, 1.165) is 17.0 Å². The fourth-order valence-corrected chi connectivity index (χ4v) is 2.19. The summed E-state index contributed by atoms with van der Waals surface area (Å²) >= 11 is 0. The molecule has 0 saturated carbocycles. The van der Waals surface area contributed by atoms with Crippen molar-refractivity contribution in [2.75, 3.05) is 10.5 Å². The number of aryl methyl sites for hydroxylation is 1. The van der Waals surface area contributed by atoms with E-state index in [-0.39, 0.29) is 5.75 Å². The molecule has 1 aromatic heterocycles. The van der Waals surface area contributed by atoms with Crippen LogP contribution in [-0.4, -0.2) is 24.4 Å². The maximum Gasteiger partial charge on any atom is 0.232 e. The number of benzene rings is 1. The molecule has 0 radical (unpaired) electrons. The van der Waals surface area contributed by atoms with Crippen molar-refractivity contribution >= 4 is 15.7 Å². The fraction of sp³-hybridized carbons (Fsp3) is 0.250. The molecular weight excluding hydrogens is 250 g/mol. The van der Waals surface area contributed by atoms with Gasteiger partial charge in [0.1, 0.15) is 0 Å². The van der Waals surface area contributed by atoms with Crippen molar-refractivity contribution in [2.24, 2.45) is 0 Å². The molecule has 0 aliphatic heterocycles. The predicted molar refractivity (Wildman–Crippen MR) is 71.8 cm³/mol. The molecule has 1 aromatic carbocycles. The molecule has 0 bridgehead atoms. The Morgan fingerprint density at radius 3 is 2.72 bits per heavy atom. The zero-order valence-corrected chi connectivity index (χ0v) is 11.1. The Balaban J connectivity index is 2.31. The Morgan fingerprint density at radius 2 is 2.11 bits per heavy atom. The van der Waals surface area contributed by atoms with Crippen LogP contribution in [0.4, 0.5) is 5.69 Å². The van der Waals surface area contributed by atoms with Crippen LogP contribution in [0.25, 0.3) is 11.3 Å². The summed E-state index contributed by atoms with van der Waals surface area (Å²) < 4.78 is 25.5. The van der Waals surface area contributed by atoms with Crippen molar-refractivity contribution < 1.29 is 8.42 Å². The molecule has 0 saturated heterocycles. The third-order valence-corrected chi connectivity index (χ3v) is 3.82. The number of nitrogens with zero attached hydrogens (tertiary/aromatic N) is 1. The number of hydrogen-bond acceptors (Lipinski definition) is 3. The molecule has 0 amide bonds. The summed E-state index contributed by atoms with van der Waals surface area (Å²) in [5.74, 6) is 0.0543. The molecule has 6 heteroatoms. The summed E-state index contributed by atoms with van der Waals surface area (Å²) in [6.07, 6.45) is 0. The van der Waals surface area contributed by atoms with Gasteiger partial charge in [0.25, 0.3) is 0 Å². The number of sulfonamides is 1. The first-order chi connectivity index (χ1) is 8.50. The highest BCUT2D eigenvalue weighted by atomic mass is 32.2. The molecule has 2 aromatic rings. The van der Waals surface area contributed by atoms with Crippen molar-refractivity contribution in [3.05, 3.63) is 36.0 Å². The third kappa shape index (κ3) is 2.89. The van der Waals surface area contributed by atoms with Crippen molar-refractivity contribution in [3.63, 3.8) is 0 Å². The topological polar surface area (TPSA) is 74.8 Å². The second kappa shape index (κ2) is 4.81. The SMILES string of the molecule is CCS(=O)(=O)Nc1cccc(-c2cc(C)[nH]n2)c1. The van der Waals surface area contributed by atoms with Gasteiger partial charge in [-0.3, -0.25) is 9.82 Å². The molecule has 2 rings (SSSR count). The highest BCUT2D eigenvalue weighted by Gasteiger charge is 2.08. The van der Waals surface area contributed by atoms with Gasteiger partial charge in [-0.2, -0.15) is 5.10 Å². The van der Waals surface area contributed by atoms with Gasteiger partial charge in [-0.25, -0.2) is 8.42 Å². The van der Waals surface area contributed by atoms with E-state index in [1.807, 2.05) is 19.1 Å². The van der Waals surface area contributed by atoms with Gasteiger partial charge < -0.3 is 0 Å². The van der Waals surface area contributed by atoms with Crippen molar-refractivity contribution in [3.8, 4) is 11.3 Å². The zero-order chi connectivity index (χ0) is 13.2. The van der Waals surface area contributed by atoms with E-state index in [9.17, 15) is 8.42 Å². The number of hydrogen-bond donors (Lipinski definition) is 2. The molecule has 0 unspecified atom stereocenters. The molecule has 0 aliphatic carbocycles. The zero-order valence-electron chi connectivity index (χ0n) is 10.3. The van der Waals surface area contributed by atoms with Crippen LogP contribution >= 0.6 is 0 Å². The molecule has 0 spiro atoms. The van der Waals surface area contributed by atoms with E-state index in [1.54, 1.807) is 25.1 Å². The molecule has 1 heterocycles. The lowest BCUT2D eigenvalue weighted by Crippen LogP contribution is -2.14. The summed E-state index contributed by atoms with van der Waals surface area (Å²) in [4.78, 5) is 0. The lowest BCUT2D eigenvalue weighted by atomic mass is 10.1. The van der Waals surface area contributed by atoms with Crippen LogP contribution in [-0.2, 0) is 10.0 Å². The second-order valence-electron chi connectivity index (χ2n) is 4.02. The number of aromatic amines is 1. The Labute approximate surface area is 106 Å². The van der Waals surface area contributed by atoms with Crippen molar-refractivity contribution in [1.82, 2.24) is 10.2 Å². The van der Waals surface area contributed by atoms with Gasteiger partial charge in [-0.05, 0) is 32.0 Å². The first kappa shape index (κ1) is 12.6. The monoisotopic (exact) mass is 265 g/mol. The predicted octanol–water partition coefficient (Wildman–Crippen LogP) is 2.15. The van der Waals surface area contributed by atoms with Crippen LogP contribution in [0, 0.1) is 6.92 Å². The standard InChI is InChI=1S/C12H15N3O2S/c1-3-18(16,17)15-11-6-4-5-10(8-11)12-7-9(2)13-14-12/h4-8,15H,3H2,1-2H3,(H,13,14). The van der Waals surface area contributed by atoms with E-state index in [4.69, 9.17) is 0 Å². The normalized spacial score (nSPS) is 11.4. The molecule has 96 valence electrons. The quantitative estimate of drug-likeness (QED) is 0.889. The fourth-order valence-electron chi connectivity index (χ4n) is 1.56. The summed E-state index contributed by atoms with van der Waals surface area (Å²) in [5.41, 5.74) is 3.18. The molecule has 18 heavy (non-hydrogen) atoms. The second-order valence-corrected chi connectivity index (χ2v) is 6.03. The van der Waals surface area contributed by atoms with E-state index >= 15 is 0 Å². The largest absolute Gasteiger partial charge is 0.284 e. The number of rotatable bonds is 4. The van der Waals surface area contributed by atoms with Crippen LogP contribution in [0.15, 0.2) is 30.3 Å². The van der Waals surface area contributed by atoms with Crippen molar-refractivity contribution in [2.45, 2.75) is 13.8 Å². The Hall–Kier alpha value is -1.82. The maximum absolute atomic E-state index is 11.5. The number of anilines is 1. The van der Waals surface area contributed by atoms with Gasteiger partial charge >= 0.3 is 0 Å². The Bertz CT molecular complexity index is 647. The summed E-state index contributed by atoms with van der Waals surface area (Å²) in [6, 6.07) is 9.08. The van der Waals surface area contributed by atoms with Gasteiger partial charge in [-0.15, -0.1) is 0 Å². The molecule has 5 nitrogen and oxygen atoms in total. The summed E-state index contributed by atoms with van der Waals surface area (Å²) in [5, 5.41) is 7.00. The van der Waals surface area contributed by atoms with Crippen LogP contribution < -0.4 is 4.72 Å². The molecule has 0 fully saturated rings. The van der Waals surface area contributed by atoms with Gasteiger partial charge in [0, 0.05) is 16.9 Å². The number of aromatic nitrogens is 2. The van der Waals surface area contributed by atoms with E-state index < -0.39 is 10.0 Å². The molecule has 0 aliphatic rings. The van der Waals surface area contributed by atoms with Crippen LogP contribution in [0.2, 0.25) is 0 Å². The summed E-state index contributed by atoms with van der Waals surface area (Å²) in [6.45, 7) is 3.52. The smallest absolute Gasteiger partial charge is 0.232 e. The van der Waals surface area contributed by atoms with Gasteiger partial charge in [0.15, 0.2) is 0 Å². The van der Waals surface area contributed by atoms with Crippen molar-refractivity contribution in [1.29, 1.82) is 0 Å². The van der Waals surface area contributed by atoms with Crippen LogP contribution in [0.3, 0.4) is 0 Å².